The lowest BCUT2D eigenvalue weighted by atomic mass is 10.5. The zero-order valence-corrected chi connectivity index (χ0v) is 8.31. The maximum atomic E-state index is 5.19. The second-order valence-electron chi connectivity index (χ2n) is 2.89. The monoisotopic (exact) mass is 193 g/mol. The van der Waals surface area contributed by atoms with Crippen LogP contribution in [0.3, 0.4) is 0 Å². The molecule has 0 aliphatic heterocycles. The lowest BCUT2D eigenvalue weighted by molar-refractivity contribution is 0.369. The van der Waals surface area contributed by atoms with Crippen LogP contribution in [0.2, 0.25) is 0 Å². The van der Waals surface area contributed by atoms with E-state index in [1.807, 2.05) is 13.1 Å². The maximum absolute atomic E-state index is 5.19. The van der Waals surface area contributed by atoms with Crippen LogP contribution in [0.25, 0.3) is 5.78 Å². The van der Waals surface area contributed by atoms with E-state index < -0.39 is 0 Å². The minimum Gasteiger partial charge on any atom is -0.482 e. The van der Waals surface area contributed by atoms with E-state index in [1.165, 1.54) is 0 Å². The topological polar surface area (TPSA) is 48.7 Å². The van der Waals surface area contributed by atoms with Crippen LogP contribution in [0.15, 0.2) is 12.3 Å². The lowest BCUT2D eigenvalue weighted by Crippen LogP contribution is -1.97. The first-order valence-electron chi connectivity index (χ1n) is 4.19. The number of nitrogens with zero attached hydrogens (tertiary/aromatic N) is 3. The van der Waals surface area contributed by atoms with Crippen LogP contribution in [-0.4, -0.2) is 28.6 Å². The fourth-order valence-electron chi connectivity index (χ4n) is 1.29. The first kappa shape index (κ1) is 8.80. The Hall–Kier alpha value is -1.78. The predicted octanol–water partition coefficient (Wildman–Crippen LogP) is 1.05. The molecule has 5 nitrogen and oxygen atoms in total. The molecular formula is C9H11N3O2. The Kier molecular flexibility index (Phi) is 1.99. The van der Waals surface area contributed by atoms with E-state index in [9.17, 15) is 0 Å². The number of hydrogen-bond acceptors (Lipinski definition) is 4. The summed E-state index contributed by atoms with van der Waals surface area (Å²) in [5.74, 6) is 1.74. The molecule has 0 saturated carbocycles. The second kappa shape index (κ2) is 3.17. The molecule has 0 radical (unpaired) electrons. The van der Waals surface area contributed by atoms with Gasteiger partial charge in [-0.15, -0.1) is 0 Å². The van der Waals surface area contributed by atoms with Gasteiger partial charge in [0.2, 0.25) is 17.5 Å². The molecule has 74 valence electrons. The van der Waals surface area contributed by atoms with Crippen molar-refractivity contribution in [2.24, 2.45) is 0 Å². The molecule has 5 heteroatoms. The van der Waals surface area contributed by atoms with Crippen molar-refractivity contribution in [2.75, 3.05) is 14.2 Å². The van der Waals surface area contributed by atoms with Crippen molar-refractivity contribution in [2.45, 2.75) is 6.92 Å². The van der Waals surface area contributed by atoms with Crippen LogP contribution in [0.5, 0.6) is 11.8 Å². The summed E-state index contributed by atoms with van der Waals surface area (Å²) in [5.41, 5.74) is 0.893. The van der Waals surface area contributed by atoms with Crippen LogP contribution >= 0.6 is 0 Å². The number of methoxy groups -OCH3 is 2. The van der Waals surface area contributed by atoms with Gasteiger partial charge in [-0.3, -0.25) is 4.40 Å². The summed E-state index contributed by atoms with van der Waals surface area (Å²) < 4.78 is 12.0. The predicted molar refractivity (Wildman–Crippen MR) is 50.8 cm³/mol. The number of fused-ring (bicyclic) bond motifs is 1. The summed E-state index contributed by atoms with van der Waals surface area (Å²) in [6, 6.07) is 1.72. The van der Waals surface area contributed by atoms with Crippen molar-refractivity contribution in [3.8, 4) is 11.8 Å². The molecule has 0 spiro atoms. The van der Waals surface area contributed by atoms with Gasteiger partial charge in [-0.25, -0.2) is 4.98 Å². The van der Waals surface area contributed by atoms with Crippen molar-refractivity contribution in [3.63, 3.8) is 0 Å². The summed E-state index contributed by atoms with van der Waals surface area (Å²) in [5, 5.41) is 0. The quantitative estimate of drug-likeness (QED) is 0.715. The normalized spacial score (nSPS) is 10.5. The first-order chi connectivity index (χ1) is 6.74. The van der Waals surface area contributed by atoms with Gasteiger partial charge in [0.05, 0.1) is 26.0 Å². The molecular weight excluding hydrogens is 182 g/mol. The van der Waals surface area contributed by atoms with Crippen LogP contribution in [0.4, 0.5) is 0 Å². The van der Waals surface area contributed by atoms with Crippen molar-refractivity contribution in [1.29, 1.82) is 0 Å². The number of rotatable bonds is 2. The third kappa shape index (κ3) is 1.26. The molecule has 0 bridgehead atoms. The second-order valence-corrected chi connectivity index (χ2v) is 2.89. The summed E-state index contributed by atoms with van der Waals surface area (Å²) in [4.78, 5) is 8.40. The highest BCUT2D eigenvalue weighted by atomic mass is 16.5. The molecule has 0 saturated heterocycles. The van der Waals surface area contributed by atoms with Gasteiger partial charge in [0.15, 0.2) is 0 Å². The molecule has 14 heavy (non-hydrogen) atoms. The van der Waals surface area contributed by atoms with E-state index >= 15 is 0 Å². The van der Waals surface area contributed by atoms with Gasteiger partial charge in [-0.05, 0) is 6.92 Å². The van der Waals surface area contributed by atoms with Crippen molar-refractivity contribution in [3.05, 3.63) is 18.0 Å². The van der Waals surface area contributed by atoms with E-state index in [2.05, 4.69) is 9.97 Å². The third-order valence-corrected chi connectivity index (χ3v) is 1.92. The molecule has 2 rings (SSSR count). The summed E-state index contributed by atoms with van der Waals surface area (Å²) in [7, 11) is 3.16. The summed E-state index contributed by atoms with van der Waals surface area (Å²) >= 11 is 0. The Morgan fingerprint density at radius 2 is 2.00 bits per heavy atom. The van der Waals surface area contributed by atoms with Crippen molar-refractivity contribution < 1.29 is 9.47 Å². The van der Waals surface area contributed by atoms with Gasteiger partial charge >= 0.3 is 0 Å². The molecule has 0 N–H and O–H groups in total. The van der Waals surface area contributed by atoms with E-state index in [1.54, 1.807) is 24.7 Å². The van der Waals surface area contributed by atoms with Gasteiger partial charge in [-0.1, -0.05) is 0 Å². The largest absolute Gasteiger partial charge is 0.482 e. The van der Waals surface area contributed by atoms with Crippen molar-refractivity contribution >= 4 is 5.78 Å². The van der Waals surface area contributed by atoms with Crippen LogP contribution in [-0.2, 0) is 0 Å². The van der Waals surface area contributed by atoms with Crippen molar-refractivity contribution in [1.82, 2.24) is 14.4 Å². The average Bonchev–Trinajstić information content (AvgIpc) is 2.56. The third-order valence-electron chi connectivity index (χ3n) is 1.92. The number of aromatic nitrogens is 3. The fourth-order valence-corrected chi connectivity index (χ4v) is 1.29. The van der Waals surface area contributed by atoms with Crippen LogP contribution in [0, 0.1) is 6.92 Å². The van der Waals surface area contributed by atoms with Gasteiger partial charge < -0.3 is 9.47 Å². The molecule has 0 amide bonds. The Bertz CT molecular complexity index is 464. The molecule has 0 atom stereocenters. The number of aryl methyl sites for hydroxylation is 1. The highest BCUT2D eigenvalue weighted by molar-refractivity contribution is 5.39. The average molecular weight is 193 g/mol. The number of hydrogen-bond donors (Lipinski definition) is 0. The lowest BCUT2D eigenvalue weighted by Gasteiger charge is -2.04. The summed E-state index contributed by atoms with van der Waals surface area (Å²) in [6.45, 7) is 1.90. The zero-order valence-electron chi connectivity index (χ0n) is 8.31. The Morgan fingerprint density at radius 3 is 2.64 bits per heavy atom. The maximum Gasteiger partial charge on any atom is 0.240 e. The van der Waals surface area contributed by atoms with Gasteiger partial charge in [-0.2, -0.15) is 4.98 Å². The van der Waals surface area contributed by atoms with Crippen LogP contribution < -0.4 is 9.47 Å². The van der Waals surface area contributed by atoms with Gasteiger partial charge in [0.25, 0.3) is 0 Å². The van der Waals surface area contributed by atoms with Crippen LogP contribution in [0.1, 0.15) is 5.69 Å². The Balaban J connectivity index is 2.72. The summed E-state index contributed by atoms with van der Waals surface area (Å²) in [6.07, 6.45) is 1.86. The standard InChI is InChI=1S/C9H11N3O2/c1-6-5-12-8(14-3)4-7(13-2)11-9(12)10-6/h4-5H,1-3H3. The number of imidazole rings is 1. The molecule has 0 aromatic carbocycles. The fraction of sp³-hybridized carbons (Fsp3) is 0.333. The molecule has 0 fully saturated rings. The Labute approximate surface area is 81.3 Å². The molecule has 0 aliphatic carbocycles. The molecule has 0 aliphatic rings. The van der Waals surface area contributed by atoms with E-state index in [-0.39, 0.29) is 0 Å². The molecule has 0 unspecified atom stereocenters. The smallest absolute Gasteiger partial charge is 0.240 e. The van der Waals surface area contributed by atoms with E-state index in [0.29, 0.717) is 17.5 Å². The van der Waals surface area contributed by atoms with Gasteiger partial charge in [0, 0.05) is 6.20 Å². The minimum atomic E-state index is 0.500. The minimum absolute atomic E-state index is 0.500. The SMILES string of the molecule is COc1cc(OC)n2cc(C)nc2n1. The van der Waals surface area contributed by atoms with Gasteiger partial charge in [0.1, 0.15) is 0 Å². The molecule has 2 aromatic heterocycles. The highest BCUT2D eigenvalue weighted by Gasteiger charge is 2.07. The van der Waals surface area contributed by atoms with E-state index in [0.717, 1.165) is 5.69 Å². The number of ether oxygens (including phenoxy) is 2. The molecule has 2 heterocycles. The van der Waals surface area contributed by atoms with E-state index in [4.69, 9.17) is 9.47 Å². The zero-order chi connectivity index (χ0) is 10.1. The molecule has 2 aromatic rings. The Morgan fingerprint density at radius 1 is 1.21 bits per heavy atom. The highest BCUT2D eigenvalue weighted by Crippen LogP contribution is 2.19. The first-order valence-corrected chi connectivity index (χ1v) is 4.19.